The molecule has 1 heterocycles. The second kappa shape index (κ2) is 14.9. The van der Waals surface area contributed by atoms with Gasteiger partial charge in [-0.25, -0.2) is 4.39 Å². The third kappa shape index (κ3) is 6.72. The van der Waals surface area contributed by atoms with E-state index in [0.29, 0.717) is 12.0 Å². The minimum absolute atomic E-state index is 0.227. The fraction of sp³-hybridized carbons (Fsp3) is 0.0741. The number of allylic oxidation sites excluding steroid dienone is 6. The lowest BCUT2D eigenvalue weighted by Gasteiger charge is -2.30. The van der Waals surface area contributed by atoms with Gasteiger partial charge in [0.25, 0.3) is 0 Å². The van der Waals surface area contributed by atoms with E-state index in [1.807, 2.05) is 12.1 Å². The Morgan fingerprint density at radius 2 is 1.04 bits per heavy atom. The van der Waals surface area contributed by atoms with Crippen LogP contribution in [0.5, 0.6) is 0 Å². The Morgan fingerprint density at radius 1 is 0.474 bits per heavy atom. The number of anilines is 4. The number of hydrogen-bond acceptors (Lipinski definition) is 2. The number of para-hydroxylation sites is 1. The lowest BCUT2D eigenvalue weighted by atomic mass is 9.91. The zero-order chi connectivity index (χ0) is 38.1. The predicted octanol–water partition coefficient (Wildman–Crippen LogP) is 14.5. The normalized spacial score (nSPS) is 16.8. The fourth-order valence-electron chi connectivity index (χ4n) is 8.72. The number of fused-ring (bicyclic) bond motifs is 3. The van der Waals surface area contributed by atoms with Crippen molar-refractivity contribution in [1.82, 2.24) is 0 Å². The number of halogens is 1. The predicted molar refractivity (Wildman–Crippen MR) is 236 cm³/mol. The van der Waals surface area contributed by atoms with Gasteiger partial charge >= 0.3 is 0 Å². The van der Waals surface area contributed by atoms with Crippen LogP contribution in [0.1, 0.15) is 29.9 Å². The van der Waals surface area contributed by atoms with E-state index in [4.69, 9.17) is 0 Å². The van der Waals surface area contributed by atoms with E-state index in [2.05, 4.69) is 198 Å². The molecule has 7 aromatic rings. The van der Waals surface area contributed by atoms with Gasteiger partial charge in [-0.1, -0.05) is 146 Å². The van der Waals surface area contributed by atoms with Crippen LogP contribution in [0.15, 0.2) is 218 Å². The third-order valence-electron chi connectivity index (χ3n) is 11.6. The maximum Gasteiger partial charge on any atom is 0.123 e. The van der Waals surface area contributed by atoms with Crippen molar-refractivity contribution in [3.8, 4) is 33.4 Å². The van der Waals surface area contributed by atoms with Gasteiger partial charge in [0.1, 0.15) is 5.82 Å². The molecule has 0 saturated carbocycles. The van der Waals surface area contributed by atoms with Crippen LogP contribution in [0.4, 0.5) is 27.1 Å². The molecule has 0 saturated heterocycles. The Kier molecular flexibility index (Phi) is 9.04. The highest BCUT2D eigenvalue weighted by Gasteiger charge is 2.37. The van der Waals surface area contributed by atoms with Gasteiger partial charge in [0.2, 0.25) is 0 Å². The average Bonchev–Trinajstić information content (AvgIpc) is 3.62. The van der Waals surface area contributed by atoms with E-state index >= 15 is 0 Å². The van der Waals surface area contributed by atoms with Gasteiger partial charge in [-0.05, 0) is 130 Å². The zero-order valence-electron chi connectivity index (χ0n) is 31.5. The molecule has 0 fully saturated rings. The van der Waals surface area contributed by atoms with Gasteiger partial charge in [0.05, 0.1) is 6.04 Å². The molecule has 2 atom stereocenters. The summed E-state index contributed by atoms with van der Waals surface area (Å²) >= 11 is 0. The monoisotopic (exact) mass is 736 g/mol. The molecule has 2 aliphatic carbocycles. The first-order valence-corrected chi connectivity index (χ1v) is 19.8. The topological polar surface area (TPSA) is 6.48 Å². The van der Waals surface area contributed by atoms with Crippen LogP contribution < -0.4 is 9.80 Å². The van der Waals surface area contributed by atoms with E-state index in [9.17, 15) is 4.39 Å². The molecule has 274 valence electrons. The summed E-state index contributed by atoms with van der Waals surface area (Å²) in [5, 5.41) is 0. The van der Waals surface area contributed by atoms with E-state index < -0.39 is 0 Å². The first-order chi connectivity index (χ1) is 28.2. The summed E-state index contributed by atoms with van der Waals surface area (Å²) in [5.41, 5.74) is 16.8. The molecule has 1 aliphatic heterocycles. The number of rotatable bonds is 8. The summed E-state index contributed by atoms with van der Waals surface area (Å²) in [7, 11) is 0. The molecule has 7 aromatic carbocycles. The molecular weight excluding hydrogens is 696 g/mol. The molecule has 0 spiro atoms. The summed E-state index contributed by atoms with van der Waals surface area (Å²) in [6.07, 6.45) is 15.4. The summed E-state index contributed by atoms with van der Waals surface area (Å²) in [6.45, 7) is 0. The molecule has 0 amide bonds. The largest absolute Gasteiger partial charge is 0.333 e. The van der Waals surface area contributed by atoms with Crippen molar-refractivity contribution in [2.45, 2.75) is 24.8 Å². The molecule has 0 bridgehead atoms. The van der Waals surface area contributed by atoms with Crippen molar-refractivity contribution in [1.29, 1.82) is 0 Å². The van der Waals surface area contributed by atoms with Crippen molar-refractivity contribution in [3.05, 3.63) is 235 Å². The van der Waals surface area contributed by atoms with Crippen LogP contribution in [0.25, 0.3) is 39.0 Å². The average molecular weight is 737 g/mol. The van der Waals surface area contributed by atoms with Crippen LogP contribution >= 0.6 is 0 Å². The van der Waals surface area contributed by atoms with Crippen molar-refractivity contribution in [2.75, 3.05) is 9.80 Å². The molecule has 2 unspecified atom stereocenters. The van der Waals surface area contributed by atoms with Crippen LogP contribution in [0.2, 0.25) is 0 Å². The van der Waals surface area contributed by atoms with Gasteiger partial charge in [-0.3, -0.25) is 0 Å². The van der Waals surface area contributed by atoms with Crippen molar-refractivity contribution >= 4 is 28.3 Å². The van der Waals surface area contributed by atoms with Gasteiger partial charge in [0.15, 0.2) is 0 Å². The molecule has 0 aromatic heterocycles. The van der Waals surface area contributed by atoms with Gasteiger partial charge in [-0.2, -0.15) is 0 Å². The van der Waals surface area contributed by atoms with E-state index in [1.165, 1.54) is 68.2 Å². The van der Waals surface area contributed by atoms with Crippen molar-refractivity contribution in [2.24, 2.45) is 0 Å². The summed E-state index contributed by atoms with van der Waals surface area (Å²) in [6, 6.07) is 61.8. The molecule has 3 aliphatic rings. The first-order valence-electron chi connectivity index (χ1n) is 19.8. The SMILES string of the molecule is Fc1ccc(-c2ccc(N(C3=CC=C(c4ccc(N5c6ccccc6C6C=CC=CC65)cc4)CC3)c3ccc(-c4cccc(-c5ccccc5)c4)cc3)cc2)cc1. The zero-order valence-corrected chi connectivity index (χ0v) is 31.5. The summed E-state index contributed by atoms with van der Waals surface area (Å²) < 4.78 is 13.7. The Morgan fingerprint density at radius 3 is 1.70 bits per heavy atom. The molecule has 0 N–H and O–H groups in total. The van der Waals surface area contributed by atoms with Crippen LogP contribution in [0.3, 0.4) is 0 Å². The van der Waals surface area contributed by atoms with Crippen LogP contribution in [-0.4, -0.2) is 6.04 Å². The highest BCUT2D eigenvalue weighted by atomic mass is 19.1. The third-order valence-corrected chi connectivity index (χ3v) is 11.6. The highest BCUT2D eigenvalue weighted by Crippen LogP contribution is 2.48. The second-order valence-corrected chi connectivity index (χ2v) is 15.0. The Balaban J connectivity index is 0.954. The molecule has 2 nitrogen and oxygen atoms in total. The molecular formula is C54H41FN2. The number of hydrogen-bond donors (Lipinski definition) is 0. The lowest BCUT2D eigenvalue weighted by Crippen LogP contribution is -2.28. The van der Waals surface area contributed by atoms with Gasteiger partial charge in [0, 0.05) is 34.4 Å². The Bertz CT molecular complexity index is 2670. The van der Waals surface area contributed by atoms with Crippen LogP contribution in [0, 0.1) is 5.82 Å². The van der Waals surface area contributed by atoms with Crippen molar-refractivity contribution < 1.29 is 4.39 Å². The molecule has 10 rings (SSSR count). The Hall–Kier alpha value is -6.97. The number of nitrogens with zero attached hydrogens (tertiary/aromatic N) is 2. The fourth-order valence-corrected chi connectivity index (χ4v) is 8.72. The first kappa shape index (κ1) is 34.5. The van der Waals surface area contributed by atoms with Gasteiger partial charge in [-0.15, -0.1) is 0 Å². The van der Waals surface area contributed by atoms with Crippen LogP contribution in [-0.2, 0) is 0 Å². The lowest BCUT2D eigenvalue weighted by molar-refractivity contribution is 0.628. The minimum Gasteiger partial charge on any atom is -0.333 e. The summed E-state index contributed by atoms with van der Waals surface area (Å²) in [5.74, 6) is 0.147. The molecule has 3 heteroatoms. The Labute approximate surface area is 334 Å². The van der Waals surface area contributed by atoms with E-state index in [0.717, 1.165) is 35.3 Å². The van der Waals surface area contributed by atoms with E-state index in [1.54, 1.807) is 0 Å². The number of benzene rings is 7. The quantitative estimate of drug-likeness (QED) is 0.153. The van der Waals surface area contributed by atoms with Crippen molar-refractivity contribution in [3.63, 3.8) is 0 Å². The molecule has 0 radical (unpaired) electrons. The smallest absolute Gasteiger partial charge is 0.123 e. The second-order valence-electron chi connectivity index (χ2n) is 15.0. The van der Waals surface area contributed by atoms with Gasteiger partial charge < -0.3 is 9.80 Å². The maximum atomic E-state index is 13.7. The highest BCUT2D eigenvalue weighted by molar-refractivity contribution is 5.80. The standard InChI is InChI=1S/C54H41FN2/c55-46-27-17-39(18-28-46)40-19-29-47(30-20-40)56(49-33-25-43(26-34-49)45-12-8-11-44(37-45)38-9-2-1-3-10-38)48-31-21-41(22-32-48)42-23-35-50(36-24-42)57-53-15-6-4-13-51(53)52-14-5-7-16-54(52)57/h1-21,23-31,33-37,51,53H,22,32H2. The summed E-state index contributed by atoms with van der Waals surface area (Å²) in [4.78, 5) is 4.86. The van der Waals surface area contributed by atoms with E-state index in [-0.39, 0.29) is 5.82 Å². The minimum atomic E-state index is -0.227. The maximum absolute atomic E-state index is 13.7. The molecule has 57 heavy (non-hydrogen) atoms.